The van der Waals surface area contributed by atoms with E-state index in [2.05, 4.69) is 9.97 Å². The summed E-state index contributed by atoms with van der Waals surface area (Å²) in [5, 5.41) is 0. The van der Waals surface area contributed by atoms with Crippen molar-refractivity contribution in [3.8, 4) is 0 Å². The number of sulfonamides is 1. The minimum absolute atomic E-state index is 0.233. The molecular weight excluding hydrogens is 298 g/mol. The molecule has 0 fully saturated rings. The highest BCUT2D eigenvalue weighted by molar-refractivity contribution is 7.89. The molecule has 108 valence electrons. The first-order chi connectivity index (χ1) is 9.54. The van der Waals surface area contributed by atoms with Crippen molar-refractivity contribution < 1.29 is 8.42 Å². The van der Waals surface area contributed by atoms with Crippen molar-refractivity contribution in [2.24, 2.45) is 0 Å². The van der Waals surface area contributed by atoms with Crippen LogP contribution in [0.15, 0.2) is 41.6 Å². The van der Waals surface area contributed by atoms with Gasteiger partial charge in [0.2, 0.25) is 10.0 Å². The van der Waals surface area contributed by atoms with Crippen molar-refractivity contribution in [2.75, 3.05) is 13.6 Å². The maximum Gasteiger partial charge on any atom is 0.244 e. The molecule has 0 radical (unpaired) electrons. The van der Waals surface area contributed by atoms with Crippen LogP contribution in [0.1, 0.15) is 11.4 Å². The minimum atomic E-state index is -3.48. The van der Waals surface area contributed by atoms with Crippen molar-refractivity contribution in [1.82, 2.24) is 14.3 Å². The zero-order valence-electron chi connectivity index (χ0n) is 11.1. The Kier molecular flexibility index (Phi) is 4.80. The van der Waals surface area contributed by atoms with E-state index in [0.29, 0.717) is 18.7 Å². The number of hydrogen-bond donors (Lipinski definition) is 1. The molecule has 0 saturated carbocycles. The third-order valence-electron chi connectivity index (χ3n) is 2.98. The molecule has 0 aromatic carbocycles. The first kappa shape index (κ1) is 15.0. The Labute approximate surface area is 123 Å². The Morgan fingerprint density at radius 3 is 2.80 bits per heavy atom. The number of aromatic amines is 1. The number of likely N-dealkylation sites (N-methyl/N-ethyl adjacent to an activating group) is 1. The summed E-state index contributed by atoms with van der Waals surface area (Å²) >= 11 is 5.66. The van der Waals surface area contributed by atoms with Crippen LogP contribution in [-0.2, 0) is 22.3 Å². The normalized spacial score (nSPS) is 11.9. The van der Waals surface area contributed by atoms with Gasteiger partial charge in [-0.15, -0.1) is 11.6 Å². The summed E-state index contributed by atoms with van der Waals surface area (Å²) in [6.07, 6.45) is 3.73. The molecule has 1 N–H and O–H groups in total. The zero-order chi connectivity index (χ0) is 14.6. The van der Waals surface area contributed by atoms with Gasteiger partial charge >= 0.3 is 0 Å². The fourth-order valence-electron chi connectivity index (χ4n) is 1.76. The summed E-state index contributed by atoms with van der Waals surface area (Å²) in [7, 11) is -1.92. The van der Waals surface area contributed by atoms with E-state index in [1.165, 1.54) is 10.5 Å². The number of halogens is 1. The molecule has 5 nitrogen and oxygen atoms in total. The molecule has 0 bridgehead atoms. The standard InChI is InChI=1S/C13H16ClN3O2S/c1-17(7-5-11-4-2-3-6-15-11)20(18,19)13-8-12(9-14)16-10-13/h2-4,6,8,10,16H,5,7,9H2,1H3. The Morgan fingerprint density at radius 1 is 1.40 bits per heavy atom. The second-order valence-electron chi connectivity index (χ2n) is 4.39. The van der Waals surface area contributed by atoms with Gasteiger partial charge < -0.3 is 4.98 Å². The summed E-state index contributed by atoms with van der Waals surface area (Å²) in [5.41, 5.74) is 1.55. The largest absolute Gasteiger partial charge is 0.363 e. The lowest BCUT2D eigenvalue weighted by Crippen LogP contribution is -2.28. The molecule has 0 amide bonds. The smallest absolute Gasteiger partial charge is 0.244 e. The number of aromatic nitrogens is 2. The van der Waals surface area contributed by atoms with Gasteiger partial charge in [0.15, 0.2) is 0 Å². The van der Waals surface area contributed by atoms with Gasteiger partial charge in [0.1, 0.15) is 0 Å². The first-order valence-electron chi connectivity index (χ1n) is 6.13. The number of nitrogens with one attached hydrogen (secondary N) is 1. The van der Waals surface area contributed by atoms with E-state index in [4.69, 9.17) is 11.6 Å². The van der Waals surface area contributed by atoms with E-state index in [-0.39, 0.29) is 10.8 Å². The molecule has 0 spiro atoms. The van der Waals surface area contributed by atoms with E-state index in [1.807, 2.05) is 18.2 Å². The van der Waals surface area contributed by atoms with Gasteiger partial charge in [-0.05, 0) is 18.2 Å². The molecule has 0 aliphatic rings. The van der Waals surface area contributed by atoms with Crippen LogP contribution in [0.4, 0.5) is 0 Å². The van der Waals surface area contributed by atoms with E-state index < -0.39 is 10.0 Å². The van der Waals surface area contributed by atoms with E-state index >= 15 is 0 Å². The predicted molar refractivity (Wildman–Crippen MR) is 78.1 cm³/mol. The molecular formula is C13H16ClN3O2S. The Morgan fingerprint density at radius 2 is 2.20 bits per heavy atom. The lowest BCUT2D eigenvalue weighted by molar-refractivity contribution is 0.471. The van der Waals surface area contributed by atoms with Gasteiger partial charge in [-0.3, -0.25) is 4.98 Å². The second kappa shape index (κ2) is 6.39. The minimum Gasteiger partial charge on any atom is -0.363 e. The van der Waals surface area contributed by atoms with Crippen LogP contribution in [0.2, 0.25) is 0 Å². The van der Waals surface area contributed by atoms with Gasteiger partial charge in [0.25, 0.3) is 0 Å². The van der Waals surface area contributed by atoms with E-state index in [0.717, 1.165) is 5.69 Å². The molecule has 2 aromatic rings. The lowest BCUT2D eigenvalue weighted by atomic mass is 10.3. The molecule has 0 saturated heterocycles. The Bertz CT molecular complexity index is 655. The molecule has 20 heavy (non-hydrogen) atoms. The Balaban J connectivity index is 2.05. The summed E-state index contributed by atoms with van der Waals surface area (Å²) in [4.78, 5) is 7.25. The highest BCUT2D eigenvalue weighted by Crippen LogP contribution is 2.16. The van der Waals surface area contributed by atoms with Crippen LogP contribution in [-0.4, -0.2) is 36.3 Å². The molecule has 2 aromatic heterocycles. The number of H-pyrrole nitrogens is 1. The zero-order valence-corrected chi connectivity index (χ0v) is 12.7. The topological polar surface area (TPSA) is 66.1 Å². The molecule has 0 unspecified atom stereocenters. The monoisotopic (exact) mass is 313 g/mol. The molecule has 0 aliphatic heterocycles. The van der Waals surface area contributed by atoms with Crippen LogP contribution in [0.25, 0.3) is 0 Å². The first-order valence-corrected chi connectivity index (χ1v) is 8.11. The van der Waals surface area contributed by atoms with Gasteiger partial charge in [-0.2, -0.15) is 0 Å². The average Bonchev–Trinajstić information content (AvgIpc) is 2.95. The molecule has 0 aliphatic carbocycles. The van der Waals surface area contributed by atoms with Crippen LogP contribution in [0.5, 0.6) is 0 Å². The number of nitrogens with zero attached hydrogens (tertiary/aromatic N) is 2. The van der Waals surface area contributed by atoms with Crippen LogP contribution >= 0.6 is 11.6 Å². The van der Waals surface area contributed by atoms with Gasteiger partial charge in [-0.25, -0.2) is 12.7 Å². The molecule has 7 heteroatoms. The SMILES string of the molecule is CN(CCc1ccccn1)S(=O)(=O)c1c[nH]c(CCl)c1. The average molecular weight is 314 g/mol. The second-order valence-corrected chi connectivity index (χ2v) is 6.70. The fraction of sp³-hybridized carbons (Fsp3) is 0.308. The van der Waals surface area contributed by atoms with Crippen molar-refractivity contribution in [2.45, 2.75) is 17.2 Å². The number of pyridine rings is 1. The van der Waals surface area contributed by atoms with Gasteiger partial charge in [-0.1, -0.05) is 6.07 Å². The maximum atomic E-state index is 12.3. The highest BCUT2D eigenvalue weighted by atomic mass is 35.5. The number of rotatable bonds is 6. The molecule has 2 rings (SSSR count). The van der Waals surface area contributed by atoms with E-state index in [9.17, 15) is 8.42 Å². The number of alkyl halides is 1. The summed E-state index contributed by atoms with van der Waals surface area (Å²) in [6, 6.07) is 7.15. The number of hydrogen-bond acceptors (Lipinski definition) is 3. The predicted octanol–water partition coefficient (Wildman–Crippen LogP) is 2.01. The highest BCUT2D eigenvalue weighted by Gasteiger charge is 2.21. The van der Waals surface area contributed by atoms with Crippen molar-refractivity contribution in [3.63, 3.8) is 0 Å². The summed E-state index contributed by atoms with van der Waals surface area (Å²) in [5.74, 6) is 0.257. The Hall–Kier alpha value is -1.37. The van der Waals surface area contributed by atoms with Crippen molar-refractivity contribution >= 4 is 21.6 Å². The lowest BCUT2D eigenvalue weighted by Gasteiger charge is -2.15. The van der Waals surface area contributed by atoms with Crippen LogP contribution in [0.3, 0.4) is 0 Å². The van der Waals surface area contributed by atoms with Crippen LogP contribution < -0.4 is 0 Å². The maximum absolute atomic E-state index is 12.3. The van der Waals surface area contributed by atoms with Crippen molar-refractivity contribution in [3.05, 3.63) is 48.0 Å². The van der Waals surface area contributed by atoms with E-state index in [1.54, 1.807) is 19.3 Å². The quantitative estimate of drug-likeness (QED) is 0.830. The van der Waals surface area contributed by atoms with Crippen molar-refractivity contribution in [1.29, 1.82) is 0 Å². The summed E-state index contributed by atoms with van der Waals surface area (Å²) in [6.45, 7) is 0.376. The third kappa shape index (κ3) is 3.39. The van der Waals surface area contributed by atoms with Crippen LogP contribution in [0, 0.1) is 0 Å². The molecule has 2 heterocycles. The fourth-order valence-corrected chi connectivity index (χ4v) is 3.11. The summed E-state index contributed by atoms with van der Waals surface area (Å²) < 4.78 is 26.0. The van der Waals surface area contributed by atoms with Gasteiger partial charge in [0, 0.05) is 43.8 Å². The third-order valence-corrected chi connectivity index (χ3v) is 5.10. The molecule has 0 atom stereocenters. The van der Waals surface area contributed by atoms with Gasteiger partial charge in [0.05, 0.1) is 10.8 Å².